The summed E-state index contributed by atoms with van der Waals surface area (Å²) in [6.45, 7) is 0. The van der Waals surface area contributed by atoms with Crippen molar-refractivity contribution in [1.29, 1.82) is 0 Å². The monoisotopic (exact) mass is 328 g/mol. The molecule has 5 heteroatoms. The van der Waals surface area contributed by atoms with Crippen LogP contribution < -0.4 is 9.47 Å². The lowest BCUT2D eigenvalue weighted by atomic mass is 10.0. The highest BCUT2D eigenvalue weighted by molar-refractivity contribution is 9.10. The van der Waals surface area contributed by atoms with Crippen molar-refractivity contribution < 1.29 is 14.6 Å². The Morgan fingerprint density at radius 3 is 2.50 bits per heavy atom. The summed E-state index contributed by atoms with van der Waals surface area (Å²) < 4.78 is 11.3. The van der Waals surface area contributed by atoms with E-state index in [1.54, 1.807) is 37.7 Å². The number of thiophene rings is 1. The maximum atomic E-state index is 10.4. The highest BCUT2D eigenvalue weighted by Gasteiger charge is 2.18. The van der Waals surface area contributed by atoms with Gasteiger partial charge >= 0.3 is 0 Å². The molecular formula is C13H13BrO3S. The molecule has 1 N–H and O–H groups in total. The van der Waals surface area contributed by atoms with Gasteiger partial charge in [-0.15, -0.1) is 0 Å². The van der Waals surface area contributed by atoms with Crippen LogP contribution in [0.3, 0.4) is 0 Å². The fourth-order valence-electron chi connectivity index (χ4n) is 1.71. The minimum atomic E-state index is -0.715. The highest BCUT2D eigenvalue weighted by Crippen LogP contribution is 2.38. The Labute approximate surface area is 118 Å². The molecular weight excluding hydrogens is 316 g/mol. The second-order valence-electron chi connectivity index (χ2n) is 3.69. The molecule has 0 saturated carbocycles. The van der Waals surface area contributed by atoms with Crippen molar-refractivity contribution in [2.24, 2.45) is 0 Å². The predicted molar refractivity (Wildman–Crippen MR) is 75.6 cm³/mol. The summed E-state index contributed by atoms with van der Waals surface area (Å²) in [5, 5.41) is 14.2. The number of aliphatic hydroxyl groups excluding tert-OH is 1. The first kappa shape index (κ1) is 13.4. The Morgan fingerprint density at radius 2 is 1.94 bits per heavy atom. The lowest BCUT2D eigenvalue weighted by Crippen LogP contribution is -2.02. The number of rotatable bonds is 4. The van der Waals surface area contributed by atoms with Crippen LogP contribution in [0.5, 0.6) is 11.5 Å². The lowest BCUT2D eigenvalue weighted by molar-refractivity contribution is 0.214. The van der Waals surface area contributed by atoms with Crippen LogP contribution in [-0.4, -0.2) is 19.3 Å². The topological polar surface area (TPSA) is 38.7 Å². The summed E-state index contributed by atoms with van der Waals surface area (Å²) in [5.74, 6) is 1.29. The third-order valence-corrected chi connectivity index (χ3v) is 3.98. The van der Waals surface area contributed by atoms with E-state index in [0.717, 1.165) is 10.0 Å². The highest BCUT2D eigenvalue weighted by atomic mass is 79.9. The van der Waals surface area contributed by atoms with E-state index >= 15 is 0 Å². The quantitative estimate of drug-likeness (QED) is 0.931. The van der Waals surface area contributed by atoms with Gasteiger partial charge in [0.15, 0.2) is 0 Å². The van der Waals surface area contributed by atoms with Gasteiger partial charge in [0, 0.05) is 5.56 Å². The molecule has 1 atom stereocenters. The van der Waals surface area contributed by atoms with Crippen molar-refractivity contribution in [3.63, 3.8) is 0 Å². The molecule has 0 spiro atoms. The number of methoxy groups -OCH3 is 2. The summed E-state index contributed by atoms with van der Waals surface area (Å²) in [5.41, 5.74) is 1.54. The molecule has 1 unspecified atom stereocenters. The van der Waals surface area contributed by atoms with E-state index in [2.05, 4.69) is 15.9 Å². The first-order chi connectivity index (χ1) is 8.67. The normalized spacial score (nSPS) is 12.2. The van der Waals surface area contributed by atoms with E-state index in [1.165, 1.54) is 0 Å². The molecule has 18 heavy (non-hydrogen) atoms. The Balaban J connectivity index is 2.48. The van der Waals surface area contributed by atoms with Gasteiger partial charge in [0.25, 0.3) is 0 Å². The van der Waals surface area contributed by atoms with Crippen LogP contribution in [0.4, 0.5) is 0 Å². The van der Waals surface area contributed by atoms with E-state index in [9.17, 15) is 5.11 Å². The predicted octanol–water partition coefficient (Wildman–Crippen LogP) is 3.61. The minimum Gasteiger partial charge on any atom is -0.496 e. The third-order valence-electron chi connectivity index (χ3n) is 2.66. The fourth-order valence-corrected chi connectivity index (χ4v) is 2.87. The van der Waals surface area contributed by atoms with Gasteiger partial charge in [-0.05, 0) is 50.5 Å². The van der Waals surface area contributed by atoms with Gasteiger partial charge in [0.2, 0.25) is 0 Å². The van der Waals surface area contributed by atoms with Crippen molar-refractivity contribution in [3.05, 3.63) is 44.6 Å². The Kier molecular flexibility index (Phi) is 4.27. The number of halogens is 1. The van der Waals surface area contributed by atoms with Crippen molar-refractivity contribution in [3.8, 4) is 11.5 Å². The maximum Gasteiger partial charge on any atom is 0.133 e. The third kappa shape index (κ3) is 2.53. The van der Waals surface area contributed by atoms with Gasteiger partial charge in [0.05, 0.1) is 18.7 Å². The standard InChI is InChI=1S/C13H13BrO3S/c1-16-11-6-10(14)12(17-2)5-9(11)13(15)8-3-4-18-7-8/h3-7,13,15H,1-2H3. The van der Waals surface area contributed by atoms with Crippen LogP contribution in [0.2, 0.25) is 0 Å². The average molecular weight is 329 g/mol. The maximum absolute atomic E-state index is 10.4. The summed E-state index contributed by atoms with van der Waals surface area (Å²) in [4.78, 5) is 0. The SMILES string of the molecule is COc1cc(C(O)c2ccsc2)c(OC)cc1Br. The molecule has 0 fully saturated rings. The first-order valence-electron chi connectivity index (χ1n) is 5.29. The second kappa shape index (κ2) is 5.73. The Bertz CT molecular complexity index is 525. The smallest absolute Gasteiger partial charge is 0.133 e. The van der Waals surface area contributed by atoms with Crippen molar-refractivity contribution in [2.75, 3.05) is 14.2 Å². The molecule has 3 nitrogen and oxygen atoms in total. The minimum absolute atomic E-state index is 0.626. The molecule has 0 aliphatic heterocycles. The Morgan fingerprint density at radius 1 is 1.22 bits per heavy atom. The zero-order valence-electron chi connectivity index (χ0n) is 10.0. The summed E-state index contributed by atoms with van der Waals surface area (Å²) in [6.07, 6.45) is -0.715. The zero-order chi connectivity index (χ0) is 13.1. The van der Waals surface area contributed by atoms with Crippen LogP contribution >= 0.6 is 27.3 Å². The first-order valence-corrected chi connectivity index (χ1v) is 7.02. The Hall–Kier alpha value is -1.04. The molecule has 0 aliphatic carbocycles. The number of hydrogen-bond donors (Lipinski definition) is 1. The molecule has 0 amide bonds. The summed E-state index contributed by atoms with van der Waals surface area (Å²) >= 11 is 4.94. The number of benzene rings is 1. The number of aliphatic hydroxyl groups is 1. The van der Waals surface area contributed by atoms with Gasteiger partial charge in [-0.2, -0.15) is 11.3 Å². The molecule has 1 heterocycles. The van der Waals surface area contributed by atoms with Gasteiger partial charge in [0.1, 0.15) is 17.6 Å². The lowest BCUT2D eigenvalue weighted by Gasteiger charge is -2.16. The van der Waals surface area contributed by atoms with Crippen molar-refractivity contribution in [1.82, 2.24) is 0 Å². The van der Waals surface area contributed by atoms with Crippen LogP contribution in [0.1, 0.15) is 17.2 Å². The van der Waals surface area contributed by atoms with Gasteiger partial charge in [-0.1, -0.05) is 0 Å². The molecule has 2 aromatic rings. The van der Waals surface area contributed by atoms with Crippen LogP contribution in [0.15, 0.2) is 33.4 Å². The summed E-state index contributed by atoms with van der Waals surface area (Å²) in [6, 6.07) is 5.47. The van der Waals surface area contributed by atoms with Gasteiger partial charge in [-0.25, -0.2) is 0 Å². The second-order valence-corrected chi connectivity index (χ2v) is 5.32. The van der Waals surface area contributed by atoms with Crippen LogP contribution in [0.25, 0.3) is 0 Å². The molecule has 2 rings (SSSR count). The fraction of sp³-hybridized carbons (Fsp3) is 0.231. The van der Waals surface area contributed by atoms with E-state index in [4.69, 9.17) is 9.47 Å². The van der Waals surface area contributed by atoms with Gasteiger partial charge < -0.3 is 14.6 Å². The zero-order valence-corrected chi connectivity index (χ0v) is 12.4. The van der Waals surface area contributed by atoms with Gasteiger partial charge in [-0.3, -0.25) is 0 Å². The molecule has 0 bridgehead atoms. The van der Waals surface area contributed by atoms with Crippen molar-refractivity contribution in [2.45, 2.75) is 6.10 Å². The van der Waals surface area contributed by atoms with E-state index in [1.807, 2.05) is 16.8 Å². The molecule has 0 radical (unpaired) electrons. The van der Waals surface area contributed by atoms with E-state index < -0.39 is 6.10 Å². The molecule has 96 valence electrons. The van der Waals surface area contributed by atoms with Crippen molar-refractivity contribution >= 4 is 27.3 Å². The number of hydrogen-bond acceptors (Lipinski definition) is 4. The summed E-state index contributed by atoms with van der Waals surface area (Å²) in [7, 11) is 3.17. The molecule has 1 aromatic heterocycles. The van der Waals surface area contributed by atoms with Crippen LogP contribution in [-0.2, 0) is 0 Å². The molecule has 0 aliphatic rings. The van der Waals surface area contributed by atoms with E-state index in [0.29, 0.717) is 17.1 Å². The van der Waals surface area contributed by atoms with Crippen LogP contribution in [0, 0.1) is 0 Å². The molecule has 0 saturated heterocycles. The largest absolute Gasteiger partial charge is 0.496 e. The number of ether oxygens (including phenoxy) is 2. The van der Waals surface area contributed by atoms with E-state index in [-0.39, 0.29) is 0 Å². The molecule has 1 aromatic carbocycles. The average Bonchev–Trinajstić information content (AvgIpc) is 2.91.